The average molecular weight is 336 g/mol. The Labute approximate surface area is 129 Å². The minimum Gasteiger partial charge on any atom is -0.325 e. The molecule has 3 heteroatoms. The first-order chi connectivity index (χ1) is 9.27. The van der Waals surface area contributed by atoms with Crippen LogP contribution in [0.4, 0.5) is 5.69 Å². The van der Waals surface area contributed by atoms with Crippen LogP contribution < -0.4 is 5.32 Å². The lowest BCUT2D eigenvalue weighted by atomic mass is 9.43. The topological polar surface area (TPSA) is 29.1 Å². The van der Waals surface area contributed by atoms with E-state index >= 15 is 0 Å². The molecule has 0 heterocycles. The quantitative estimate of drug-likeness (QED) is 0.790. The molecule has 1 N–H and O–H groups in total. The van der Waals surface area contributed by atoms with Crippen molar-refractivity contribution in [1.29, 1.82) is 0 Å². The predicted molar refractivity (Wildman–Crippen MR) is 86.1 cm³/mol. The fourth-order valence-corrected chi connectivity index (χ4v) is 6.21. The number of fused-ring (bicyclic) bond motifs is 1. The molecule has 3 fully saturated rings. The maximum Gasteiger partial charge on any atom is 0.232 e. The Kier molecular flexibility index (Phi) is 2.89. The first kappa shape index (κ1) is 14.1. The highest BCUT2D eigenvalue weighted by molar-refractivity contribution is 9.09. The Morgan fingerprint density at radius 1 is 1.25 bits per heavy atom. The van der Waals surface area contributed by atoms with Gasteiger partial charge >= 0.3 is 0 Å². The molecule has 2 bridgehead atoms. The van der Waals surface area contributed by atoms with Crippen molar-refractivity contribution in [2.75, 3.05) is 5.32 Å². The lowest BCUT2D eigenvalue weighted by Gasteiger charge is -2.64. The Balaban J connectivity index is 1.91. The van der Waals surface area contributed by atoms with Crippen LogP contribution in [0.2, 0.25) is 0 Å². The number of hydrogen-bond acceptors (Lipinski definition) is 1. The van der Waals surface area contributed by atoms with Gasteiger partial charge in [-0.3, -0.25) is 4.79 Å². The summed E-state index contributed by atoms with van der Waals surface area (Å²) < 4.78 is 0. The monoisotopic (exact) mass is 335 g/mol. The van der Waals surface area contributed by atoms with Gasteiger partial charge in [-0.1, -0.05) is 54.9 Å². The van der Waals surface area contributed by atoms with Crippen molar-refractivity contribution in [3.05, 3.63) is 29.8 Å². The average Bonchev–Trinajstić information content (AvgIpc) is 2.80. The van der Waals surface area contributed by atoms with E-state index in [1.54, 1.807) is 0 Å². The minimum atomic E-state index is -0.274. The van der Waals surface area contributed by atoms with Gasteiger partial charge < -0.3 is 5.32 Å². The molecule has 20 heavy (non-hydrogen) atoms. The second kappa shape index (κ2) is 4.09. The Bertz CT molecular complexity index is 582. The van der Waals surface area contributed by atoms with Crippen molar-refractivity contribution in [3.8, 4) is 0 Å². The third kappa shape index (κ3) is 1.37. The summed E-state index contributed by atoms with van der Waals surface area (Å²) >= 11 is 3.81. The zero-order chi connectivity index (χ0) is 14.8. The molecule has 3 saturated carbocycles. The summed E-state index contributed by atoms with van der Waals surface area (Å²) in [6.45, 7) is 8.83. The Morgan fingerprint density at radius 3 is 2.40 bits per heavy atom. The summed E-state index contributed by atoms with van der Waals surface area (Å²) in [6, 6.07) is 7.98. The van der Waals surface area contributed by atoms with E-state index in [2.05, 4.69) is 42.0 Å². The molecule has 3 aliphatic carbocycles. The molecule has 108 valence electrons. The molecule has 0 aliphatic heterocycles. The SMILES string of the molecule is Cc1ccccc1NC(=O)C12CCC(C)(C1Br)C2(C)C. The fraction of sp³-hybridized carbons (Fsp3) is 0.588. The van der Waals surface area contributed by atoms with E-state index in [-0.39, 0.29) is 27.0 Å². The minimum absolute atomic E-state index is 0.0426. The van der Waals surface area contributed by atoms with Gasteiger partial charge in [0.2, 0.25) is 5.91 Å². The smallest absolute Gasteiger partial charge is 0.232 e. The van der Waals surface area contributed by atoms with Gasteiger partial charge in [0.25, 0.3) is 0 Å². The summed E-state index contributed by atoms with van der Waals surface area (Å²) in [5.74, 6) is 0.175. The second-order valence-corrected chi connectivity index (χ2v) is 8.06. The molecule has 3 aliphatic rings. The van der Waals surface area contributed by atoms with Crippen LogP contribution in [-0.2, 0) is 4.79 Å². The van der Waals surface area contributed by atoms with Gasteiger partial charge in [0.15, 0.2) is 0 Å². The summed E-state index contributed by atoms with van der Waals surface area (Å²) in [5, 5.41) is 3.16. The van der Waals surface area contributed by atoms with E-state index in [0.717, 1.165) is 24.1 Å². The number of halogens is 1. The number of para-hydroxylation sites is 1. The summed E-state index contributed by atoms with van der Waals surface area (Å²) in [4.78, 5) is 13.2. The van der Waals surface area contributed by atoms with Crippen LogP contribution in [0.25, 0.3) is 0 Å². The molecule has 0 radical (unpaired) electrons. The van der Waals surface area contributed by atoms with Crippen molar-refractivity contribution in [2.24, 2.45) is 16.2 Å². The zero-order valence-corrected chi connectivity index (χ0v) is 14.2. The van der Waals surface area contributed by atoms with Crippen LogP contribution in [0, 0.1) is 23.2 Å². The van der Waals surface area contributed by atoms with Crippen LogP contribution >= 0.6 is 15.9 Å². The van der Waals surface area contributed by atoms with E-state index < -0.39 is 0 Å². The molecule has 0 aromatic heterocycles. The van der Waals surface area contributed by atoms with Crippen LogP contribution in [-0.4, -0.2) is 10.7 Å². The molecule has 1 aromatic rings. The van der Waals surface area contributed by atoms with Gasteiger partial charge in [0, 0.05) is 10.5 Å². The Morgan fingerprint density at radius 2 is 1.90 bits per heavy atom. The highest BCUT2D eigenvalue weighted by Gasteiger charge is 2.80. The number of hydrogen-bond donors (Lipinski definition) is 1. The van der Waals surface area contributed by atoms with Gasteiger partial charge in [-0.15, -0.1) is 0 Å². The normalized spacial score (nSPS) is 37.4. The molecule has 0 saturated heterocycles. The molecule has 2 nitrogen and oxygen atoms in total. The van der Waals surface area contributed by atoms with Crippen molar-refractivity contribution in [3.63, 3.8) is 0 Å². The number of benzene rings is 1. The molecular weight excluding hydrogens is 314 g/mol. The van der Waals surface area contributed by atoms with Crippen molar-refractivity contribution in [2.45, 2.75) is 45.4 Å². The number of alkyl halides is 1. The summed E-state index contributed by atoms with van der Waals surface area (Å²) in [5.41, 5.74) is 2.05. The first-order valence-corrected chi connectivity index (χ1v) is 8.20. The molecule has 1 amide bonds. The fourth-order valence-electron chi connectivity index (χ4n) is 4.40. The predicted octanol–water partition coefficient (Wildman–Crippen LogP) is 4.52. The van der Waals surface area contributed by atoms with Crippen LogP contribution in [0.1, 0.15) is 39.2 Å². The summed E-state index contributed by atoms with van der Waals surface area (Å²) in [7, 11) is 0. The zero-order valence-electron chi connectivity index (χ0n) is 12.6. The largest absolute Gasteiger partial charge is 0.325 e. The standard InChI is InChI=1S/C17H22BrNO/c1-11-7-5-6-8-12(11)19-14(20)17-10-9-16(4,13(17)18)15(17,2)3/h5-8,13H,9-10H2,1-4H3,(H,19,20). The van der Waals surface area contributed by atoms with Gasteiger partial charge in [0.05, 0.1) is 5.41 Å². The molecule has 3 unspecified atom stereocenters. The molecule has 0 spiro atoms. The number of nitrogens with one attached hydrogen (secondary N) is 1. The van der Waals surface area contributed by atoms with Gasteiger partial charge in [0.1, 0.15) is 0 Å². The van der Waals surface area contributed by atoms with E-state index in [0.29, 0.717) is 0 Å². The highest BCUT2D eigenvalue weighted by atomic mass is 79.9. The Hall–Kier alpha value is -0.830. The van der Waals surface area contributed by atoms with E-state index in [4.69, 9.17) is 0 Å². The van der Waals surface area contributed by atoms with E-state index in [1.807, 2.05) is 31.2 Å². The molecule has 1 aromatic carbocycles. The third-order valence-electron chi connectivity index (χ3n) is 6.37. The number of anilines is 1. The number of rotatable bonds is 2. The first-order valence-electron chi connectivity index (χ1n) is 7.28. The lowest BCUT2D eigenvalue weighted by molar-refractivity contribution is -0.156. The van der Waals surface area contributed by atoms with Crippen molar-refractivity contribution in [1.82, 2.24) is 0 Å². The van der Waals surface area contributed by atoms with Crippen molar-refractivity contribution < 1.29 is 4.79 Å². The van der Waals surface area contributed by atoms with E-state index in [9.17, 15) is 4.79 Å². The number of carbonyl (C=O) groups excluding carboxylic acids is 1. The second-order valence-electron chi connectivity index (χ2n) is 7.15. The van der Waals surface area contributed by atoms with Gasteiger partial charge in [-0.05, 0) is 42.2 Å². The molecule has 4 rings (SSSR count). The molecular formula is C17H22BrNO. The lowest BCUT2D eigenvalue weighted by Crippen LogP contribution is -2.68. The maximum atomic E-state index is 13.0. The number of aryl methyl sites for hydroxylation is 1. The van der Waals surface area contributed by atoms with E-state index in [1.165, 1.54) is 0 Å². The van der Waals surface area contributed by atoms with Gasteiger partial charge in [-0.25, -0.2) is 0 Å². The number of carbonyl (C=O) groups is 1. The van der Waals surface area contributed by atoms with Crippen LogP contribution in [0.5, 0.6) is 0 Å². The number of amides is 1. The van der Waals surface area contributed by atoms with Gasteiger partial charge in [-0.2, -0.15) is 0 Å². The van der Waals surface area contributed by atoms with Crippen molar-refractivity contribution >= 4 is 27.5 Å². The molecule has 3 atom stereocenters. The van der Waals surface area contributed by atoms with Crippen LogP contribution in [0.15, 0.2) is 24.3 Å². The third-order valence-corrected chi connectivity index (χ3v) is 8.16. The summed E-state index contributed by atoms with van der Waals surface area (Å²) in [6.07, 6.45) is 2.10. The highest BCUT2D eigenvalue weighted by Crippen LogP contribution is 2.79. The van der Waals surface area contributed by atoms with Crippen LogP contribution in [0.3, 0.4) is 0 Å². The maximum absolute atomic E-state index is 13.0.